The summed E-state index contributed by atoms with van der Waals surface area (Å²) < 4.78 is 1.06. The Balaban J connectivity index is 3.13. The van der Waals surface area contributed by atoms with Gasteiger partial charge in [0.05, 0.1) is 5.69 Å². The predicted octanol–water partition coefficient (Wildman–Crippen LogP) is 4.09. The van der Waals surface area contributed by atoms with E-state index >= 15 is 0 Å². The van der Waals surface area contributed by atoms with E-state index in [0.717, 1.165) is 16.0 Å². The molecule has 0 saturated carbocycles. The summed E-state index contributed by atoms with van der Waals surface area (Å²) in [6, 6.07) is 8.04. The van der Waals surface area contributed by atoms with Gasteiger partial charge in [0, 0.05) is 24.0 Å². The van der Waals surface area contributed by atoms with E-state index < -0.39 is 0 Å². The van der Waals surface area contributed by atoms with Crippen molar-refractivity contribution in [1.82, 2.24) is 4.90 Å². The van der Waals surface area contributed by atoms with Crippen LogP contribution in [0.25, 0.3) is 0 Å². The predicted molar refractivity (Wildman–Crippen MR) is 74.4 cm³/mol. The first-order valence-electron chi connectivity index (χ1n) is 5.33. The maximum atomic E-state index is 4.70. The maximum absolute atomic E-state index is 4.70. The lowest BCUT2D eigenvalue weighted by Gasteiger charge is -2.27. The monoisotopic (exact) mass is 282 g/mol. The summed E-state index contributed by atoms with van der Waals surface area (Å²) in [6.45, 7) is 6.51. The summed E-state index contributed by atoms with van der Waals surface area (Å²) in [5, 5.41) is 0. The smallest absolute Gasteiger partial charge is 0.110 e. The first-order valence-corrected chi connectivity index (χ1v) is 6.12. The van der Waals surface area contributed by atoms with Gasteiger partial charge in [0.1, 0.15) is 5.84 Å². The second-order valence-corrected chi connectivity index (χ2v) is 5.98. The molecule has 0 atom stereocenters. The number of aliphatic imine (C=N–C) groups is 1. The van der Waals surface area contributed by atoms with E-state index in [2.05, 4.69) is 41.6 Å². The maximum Gasteiger partial charge on any atom is 0.110 e. The molecular weight excluding hydrogens is 264 g/mol. The molecule has 0 aliphatic heterocycles. The number of benzene rings is 1. The Kier molecular flexibility index (Phi) is 4.14. The molecule has 0 aliphatic rings. The van der Waals surface area contributed by atoms with Crippen molar-refractivity contribution in [1.29, 1.82) is 0 Å². The van der Waals surface area contributed by atoms with E-state index in [0.29, 0.717) is 0 Å². The zero-order chi connectivity index (χ0) is 12.3. The van der Waals surface area contributed by atoms with E-state index in [1.807, 2.05) is 38.4 Å². The second kappa shape index (κ2) is 5.00. The summed E-state index contributed by atoms with van der Waals surface area (Å²) >= 11 is 3.46. The highest BCUT2D eigenvalue weighted by Gasteiger charge is 2.20. The van der Waals surface area contributed by atoms with Crippen LogP contribution < -0.4 is 0 Å². The largest absolute Gasteiger partial charge is 0.366 e. The van der Waals surface area contributed by atoms with Gasteiger partial charge in [0.2, 0.25) is 0 Å². The van der Waals surface area contributed by atoms with Crippen LogP contribution in [0, 0.1) is 5.41 Å². The molecule has 3 heteroatoms. The number of halogens is 1. The van der Waals surface area contributed by atoms with Crippen molar-refractivity contribution in [2.75, 3.05) is 14.1 Å². The zero-order valence-electron chi connectivity index (χ0n) is 10.6. The molecule has 1 rings (SSSR count). The Morgan fingerprint density at radius 3 is 2.31 bits per heavy atom. The summed E-state index contributed by atoms with van der Waals surface area (Å²) in [7, 11) is 4.06. The number of rotatable bonds is 1. The lowest BCUT2D eigenvalue weighted by atomic mass is 9.94. The molecule has 0 aliphatic carbocycles. The van der Waals surface area contributed by atoms with Crippen molar-refractivity contribution < 1.29 is 0 Å². The molecule has 0 bridgehead atoms. The fraction of sp³-hybridized carbons (Fsp3) is 0.462. The van der Waals surface area contributed by atoms with Gasteiger partial charge in [-0.25, -0.2) is 4.99 Å². The highest BCUT2D eigenvalue weighted by molar-refractivity contribution is 9.10. The van der Waals surface area contributed by atoms with E-state index in [1.165, 1.54) is 0 Å². The van der Waals surface area contributed by atoms with Crippen molar-refractivity contribution in [2.24, 2.45) is 10.4 Å². The first kappa shape index (κ1) is 13.2. The van der Waals surface area contributed by atoms with Gasteiger partial charge in [0.15, 0.2) is 0 Å². The van der Waals surface area contributed by atoms with Crippen LogP contribution in [0.5, 0.6) is 0 Å². The number of hydrogen-bond acceptors (Lipinski definition) is 1. The van der Waals surface area contributed by atoms with Crippen molar-refractivity contribution in [3.63, 3.8) is 0 Å². The molecule has 88 valence electrons. The van der Waals surface area contributed by atoms with E-state index in [1.54, 1.807) is 0 Å². The summed E-state index contributed by atoms with van der Waals surface area (Å²) in [5.41, 5.74) is 1.03. The Morgan fingerprint density at radius 2 is 1.88 bits per heavy atom. The Morgan fingerprint density at radius 1 is 1.25 bits per heavy atom. The molecule has 0 saturated heterocycles. The van der Waals surface area contributed by atoms with Gasteiger partial charge in [0.25, 0.3) is 0 Å². The molecule has 0 spiro atoms. The fourth-order valence-electron chi connectivity index (χ4n) is 1.61. The third kappa shape index (κ3) is 3.63. The van der Waals surface area contributed by atoms with Crippen LogP contribution in [-0.2, 0) is 0 Å². The van der Waals surface area contributed by atoms with Crippen LogP contribution in [0.15, 0.2) is 33.7 Å². The lowest BCUT2D eigenvalue weighted by molar-refractivity contribution is 0.481. The van der Waals surface area contributed by atoms with Crippen LogP contribution in [0.1, 0.15) is 20.8 Å². The Hall–Kier alpha value is -0.830. The fourth-order valence-corrected chi connectivity index (χ4v) is 1.99. The van der Waals surface area contributed by atoms with Crippen LogP contribution in [0.3, 0.4) is 0 Å². The average Bonchev–Trinajstić information content (AvgIpc) is 2.12. The van der Waals surface area contributed by atoms with Gasteiger partial charge in [-0.15, -0.1) is 0 Å². The standard InChI is InChI=1S/C13H19BrN2/c1-13(2,3)12(16(4)5)15-11-8-6-7-10(14)9-11/h6-9H,1-5H3. The average molecular weight is 283 g/mol. The third-order valence-electron chi connectivity index (χ3n) is 2.14. The molecule has 0 unspecified atom stereocenters. The van der Waals surface area contributed by atoms with Crippen LogP contribution in [0.4, 0.5) is 5.69 Å². The zero-order valence-corrected chi connectivity index (χ0v) is 12.2. The highest BCUT2D eigenvalue weighted by Crippen LogP contribution is 2.24. The quantitative estimate of drug-likeness (QED) is 0.560. The van der Waals surface area contributed by atoms with Gasteiger partial charge in [-0.2, -0.15) is 0 Å². The first-order chi connectivity index (χ1) is 7.30. The molecule has 16 heavy (non-hydrogen) atoms. The number of hydrogen-bond donors (Lipinski definition) is 0. The Labute approximate surface area is 107 Å². The second-order valence-electron chi connectivity index (χ2n) is 5.06. The SMILES string of the molecule is CN(C)C(=Nc1cccc(Br)c1)C(C)(C)C. The minimum absolute atomic E-state index is 0.0474. The molecule has 1 aromatic carbocycles. The van der Waals surface area contributed by atoms with Gasteiger partial charge >= 0.3 is 0 Å². The van der Waals surface area contributed by atoms with Crippen molar-refractivity contribution in [3.05, 3.63) is 28.7 Å². The van der Waals surface area contributed by atoms with Crippen molar-refractivity contribution >= 4 is 27.5 Å². The molecule has 0 heterocycles. The molecule has 1 aromatic rings. The van der Waals surface area contributed by atoms with Gasteiger partial charge in [-0.3, -0.25) is 0 Å². The molecule has 0 amide bonds. The normalized spacial score (nSPS) is 12.8. The molecular formula is C13H19BrN2. The van der Waals surface area contributed by atoms with Crippen molar-refractivity contribution in [2.45, 2.75) is 20.8 Å². The van der Waals surface area contributed by atoms with Gasteiger partial charge in [-0.1, -0.05) is 42.8 Å². The summed E-state index contributed by atoms with van der Waals surface area (Å²) in [5.74, 6) is 1.07. The highest BCUT2D eigenvalue weighted by atomic mass is 79.9. The summed E-state index contributed by atoms with van der Waals surface area (Å²) in [4.78, 5) is 6.77. The summed E-state index contributed by atoms with van der Waals surface area (Å²) in [6.07, 6.45) is 0. The lowest BCUT2D eigenvalue weighted by Crippen LogP contribution is -2.33. The van der Waals surface area contributed by atoms with Gasteiger partial charge < -0.3 is 4.90 Å². The number of amidine groups is 1. The topological polar surface area (TPSA) is 15.6 Å². The molecule has 0 radical (unpaired) electrons. The molecule has 0 fully saturated rings. The Bertz CT molecular complexity index is 389. The van der Waals surface area contributed by atoms with Crippen LogP contribution in [-0.4, -0.2) is 24.8 Å². The molecule has 0 aromatic heterocycles. The molecule has 0 N–H and O–H groups in total. The van der Waals surface area contributed by atoms with E-state index in [-0.39, 0.29) is 5.41 Å². The number of nitrogens with zero attached hydrogens (tertiary/aromatic N) is 2. The van der Waals surface area contributed by atoms with Crippen LogP contribution in [0.2, 0.25) is 0 Å². The van der Waals surface area contributed by atoms with Crippen molar-refractivity contribution in [3.8, 4) is 0 Å². The van der Waals surface area contributed by atoms with E-state index in [9.17, 15) is 0 Å². The van der Waals surface area contributed by atoms with Crippen LogP contribution >= 0.6 is 15.9 Å². The minimum Gasteiger partial charge on any atom is -0.366 e. The molecule has 2 nitrogen and oxygen atoms in total. The van der Waals surface area contributed by atoms with Gasteiger partial charge in [-0.05, 0) is 18.2 Å². The van der Waals surface area contributed by atoms with E-state index in [4.69, 9.17) is 4.99 Å². The third-order valence-corrected chi connectivity index (χ3v) is 2.63. The minimum atomic E-state index is 0.0474.